The van der Waals surface area contributed by atoms with Gasteiger partial charge in [0.2, 0.25) is 4.87 Å². The first-order valence-corrected chi connectivity index (χ1v) is 4.69. The highest BCUT2D eigenvalue weighted by Crippen LogP contribution is 2.45. The van der Waals surface area contributed by atoms with Gasteiger partial charge in [0, 0.05) is 0 Å². The number of rotatable bonds is 4. The van der Waals surface area contributed by atoms with Crippen molar-refractivity contribution in [2.45, 2.75) is 29.8 Å². The van der Waals surface area contributed by atoms with Crippen LogP contribution in [-0.4, -0.2) is 29.0 Å². The number of carbonyl (C=O) groups excluding carboxylic acids is 1. The maximum Gasteiger partial charge on any atom is 0.418 e. The summed E-state index contributed by atoms with van der Waals surface area (Å²) in [5, 5.41) is -4.26. The van der Waals surface area contributed by atoms with E-state index in [1.165, 1.54) is 6.92 Å². The molecule has 96 valence electrons. The van der Waals surface area contributed by atoms with Crippen molar-refractivity contribution in [3.63, 3.8) is 0 Å². The molecule has 0 bridgehead atoms. The monoisotopic (exact) mass is 288 g/mol. The summed E-state index contributed by atoms with van der Waals surface area (Å²) in [5.74, 6) is -2.00. The standard InChI is InChI=1S/C7H7Cl2F5O2/c1-2-16-4(15)5(8,7(12,13)14)3-6(9,10)11/h2-3H2,1H3. The van der Waals surface area contributed by atoms with Crippen molar-refractivity contribution >= 4 is 29.2 Å². The fourth-order valence-electron chi connectivity index (χ4n) is 0.810. The van der Waals surface area contributed by atoms with Gasteiger partial charge in [-0.2, -0.15) is 22.0 Å². The zero-order valence-electron chi connectivity index (χ0n) is 7.88. The summed E-state index contributed by atoms with van der Waals surface area (Å²) >= 11 is 9.21. The molecule has 0 spiro atoms. The molecule has 0 aliphatic carbocycles. The van der Waals surface area contributed by atoms with Gasteiger partial charge in [-0.05, 0) is 18.5 Å². The van der Waals surface area contributed by atoms with Crippen LogP contribution in [0.5, 0.6) is 0 Å². The first kappa shape index (κ1) is 15.7. The lowest BCUT2D eigenvalue weighted by Crippen LogP contribution is -2.50. The molecule has 0 aromatic rings. The molecule has 0 saturated carbocycles. The number of carbonyl (C=O) groups is 1. The molecule has 9 heteroatoms. The second-order valence-corrected chi connectivity index (χ2v) is 4.01. The van der Waals surface area contributed by atoms with Gasteiger partial charge in [-0.1, -0.05) is 11.6 Å². The summed E-state index contributed by atoms with van der Waals surface area (Å²) in [7, 11) is 0. The highest BCUT2D eigenvalue weighted by molar-refractivity contribution is 6.35. The van der Waals surface area contributed by atoms with Gasteiger partial charge in [-0.3, -0.25) is 0 Å². The number of halogens is 7. The largest absolute Gasteiger partial charge is 0.464 e. The van der Waals surface area contributed by atoms with Crippen molar-refractivity contribution in [3.05, 3.63) is 0 Å². The maximum atomic E-state index is 12.4. The van der Waals surface area contributed by atoms with Crippen LogP contribution in [0.15, 0.2) is 0 Å². The molecule has 0 aliphatic heterocycles. The lowest BCUT2D eigenvalue weighted by molar-refractivity contribution is -0.195. The molecule has 0 heterocycles. The van der Waals surface area contributed by atoms with Crippen LogP contribution in [0.4, 0.5) is 22.0 Å². The van der Waals surface area contributed by atoms with Crippen molar-refractivity contribution in [3.8, 4) is 0 Å². The molecular weight excluding hydrogens is 282 g/mol. The molecule has 0 N–H and O–H groups in total. The molecule has 0 aromatic heterocycles. The summed E-state index contributed by atoms with van der Waals surface area (Å²) in [6, 6.07) is 0. The van der Waals surface area contributed by atoms with Gasteiger partial charge in [-0.25, -0.2) is 4.79 Å². The van der Waals surface area contributed by atoms with E-state index in [-0.39, 0.29) is 0 Å². The van der Waals surface area contributed by atoms with Gasteiger partial charge in [-0.15, -0.1) is 0 Å². The van der Waals surface area contributed by atoms with E-state index in [2.05, 4.69) is 16.3 Å². The Morgan fingerprint density at radius 3 is 1.88 bits per heavy atom. The van der Waals surface area contributed by atoms with Crippen LogP contribution in [0.2, 0.25) is 0 Å². The van der Waals surface area contributed by atoms with Crippen LogP contribution in [-0.2, 0) is 9.53 Å². The Hall–Kier alpha value is -0.300. The molecular formula is C7H7Cl2F5O2. The molecule has 1 unspecified atom stereocenters. The smallest absolute Gasteiger partial charge is 0.418 e. The summed E-state index contributed by atoms with van der Waals surface area (Å²) in [6.07, 6.45) is -7.48. The van der Waals surface area contributed by atoms with Crippen LogP contribution in [0, 0.1) is 0 Å². The van der Waals surface area contributed by atoms with E-state index in [1.54, 1.807) is 0 Å². The minimum Gasteiger partial charge on any atom is -0.464 e. The minimum atomic E-state index is -5.39. The Kier molecular flexibility index (Phi) is 4.82. The highest BCUT2D eigenvalue weighted by Gasteiger charge is 2.64. The number of alkyl halides is 7. The van der Waals surface area contributed by atoms with Crippen LogP contribution in [0.1, 0.15) is 13.3 Å². The van der Waals surface area contributed by atoms with E-state index in [0.29, 0.717) is 0 Å². The van der Waals surface area contributed by atoms with Crippen LogP contribution < -0.4 is 0 Å². The van der Waals surface area contributed by atoms with Crippen LogP contribution in [0.25, 0.3) is 0 Å². The predicted octanol–water partition coefficient (Wildman–Crippen LogP) is 3.31. The quantitative estimate of drug-likeness (QED) is 0.451. The fourth-order valence-corrected chi connectivity index (χ4v) is 1.30. The van der Waals surface area contributed by atoms with Gasteiger partial charge < -0.3 is 4.74 Å². The topological polar surface area (TPSA) is 26.3 Å². The Labute approximate surface area is 97.6 Å². The van der Waals surface area contributed by atoms with Crippen LogP contribution >= 0.6 is 23.2 Å². The third-order valence-corrected chi connectivity index (χ3v) is 2.13. The maximum absolute atomic E-state index is 12.4. The van der Waals surface area contributed by atoms with E-state index < -0.39 is 35.4 Å². The SMILES string of the molecule is CCOC(=O)C(Cl)(CC(F)(F)Cl)C(F)(F)F. The Morgan fingerprint density at radius 1 is 1.19 bits per heavy atom. The highest BCUT2D eigenvalue weighted by atomic mass is 35.5. The van der Waals surface area contributed by atoms with E-state index in [0.717, 1.165) is 0 Å². The van der Waals surface area contributed by atoms with Crippen molar-refractivity contribution < 1.29 is 31.5 Å². The molecule has 0 fully saturated rings. The zero-order chi connectivity index (χ0) is 13.2. The third-order valence-electron chi connectivity index (χ3n) is 1.49. The normalized spacial score (nSPS) is 16.8. The van der Waals surface area contributed by atoms with E-state index >= 15 is 0 Å². The Bertz CT molecular complexity index is 262. The zero-order valence-corrected chi connectivity index (χ0v) is 9.39. The molecule has 0 rings (SSSR count). The average molecular weight is 289 g/mol. The van der Waals surface area contributed by atoms with Gasteiger partial charge in [0.1, 0.15) is 0 Å². The number of hydrogen-bond acceptors (Lipinski definition) is 2. The van der Waals surface area contributed by atoms with Crippen molar-refractivity contribution in [1.82, 2.24) is 0 Å². The molecule has 0 saturated heterocycles. The van der Waals surface area contributed by atoms with E-state index in [4.69, 9.17) is 11.6 Å². The second kappa shape index (κ2) is 4.91. The average Bonchev–Trinajstić information content (AvgIpc) is 1.99. The van der Waals surface area contributed by atoms with Gasteiger partial charge in [0.25, 0.3) is 0 Å². The summed E-state index contributed by atoms with van der Waals surface area (Å²) < 4.78 is 65.8. The minimum absolute atomic E-state index is 0.419. The Morgan fingerprint density at radius 2 is 1.62 bits per heavy atom. The summed E-state index contributed by atoms with van der Waals surface area (Å²) in [4.78, 5) is 7.08. The molecule has 2 nitrogen and oxygen atoms in total. The summed E-state index contributed by atoms with van der Waals surface area (Å²) in [6.45, 7) is 0.793. The predicted molar refractivity (Wildman–Crippen MR) is 46.7 cm³/mol. The lowest BCUT2D eigenvalue weighted by atomic mass is 10.0. The van der Waals surface area contributed by atoms with Crippen molar-refractivity contribution in [2.75, 3.05) is 6.61 Å². The first-order valence-electron chi connectivity index (χ1n) is 3.93. The number of esters is 1. The second-order valence-electron chi connectivity index (χ2n) is 2.81. The number of hydrogen-bond donors (Lipinski definition) is 0. The molecule has 0 amide bonds. The first-order chi connectivity index (χ1) is 6.94. The fraction of sp³-hybridized carbons (Fsp3) is 0.857. The van der Waals surface area contributed by atoms with Gasteiger partial charge >= 0.3 is 17.5 Å². The third kappa shape index (κ3) is 3.93. The van der Waals surface area contributed by atoms with E-state index in [9.17, 15) is 26.7 Å². The molecule has 16 heavy (non-hydrogen) atoms. The number of ether oxygens (including phenoxy) is 1. The lowest BCUT2D eigenvalue weighted by Gasteiger charge is -2.28. The van der Waals surface area contributed by atoms with Crippen LogP contribution in [0.3, 0.4) is 0 Å². The Balaban J connectivity index is 5.13. The molecule has 0 aliphatic rings. The van der Waals surface area contributed by atoms with Gasteiger partial charge in [0.05, 0.1) is 13.0 Å². The van der Waals surface area contributed by atoms with Gasteiger partial charge in [0.15, 0.2) is 0 Å². The summed E-state index contributed by atoms with van der Waals surface area (Å²) in [5.41, 5.74) is 0. The molecule has 1 atom stereocenters. The molecule has 0 radical (unpaired) electrons. The van der Waals surface area contributed by atoms with Crippen molar-refractivity contribution in [1.29, 1.82) is 0 Å². The molecule has 0 aromatic carbocycles. The van der Waals surface area contributed by atoms with E-state index in [1.807, 2.05) is 0 Å². The van der Waals surface area contributed by atoms with Crippen molar-refractivity contribution in [2.24, 2.45) is 0 Å².